The van der Waals surface area contributed by atoms with Crippen molar-refractivity contribution in [2.45, 2.75) is 75.7 Å². The molecule has 7 N–H and O–H groups in total. The average Bonchev–Trinajstić information content (AvgIpc) is 3.38. The molecule has 12 nitrogen and oxygen atoms in total. The molecule has 0 aliphatic carbocycles. The van der Waals surface area contributed by atoms with Gasteiger partial charge in [0.25, 0.3) is 0 Å². The van der Waals surface area contributed by atoms with Crippen LogP contribution in [0.1, 0.15) is 45.4 Å². The van der Waals surface area contributed by atoms with Crippen molar-refractivity contribution in [3.8, 4) is 0 Å². The number of aliphatic carboxylic acids is 1. The first-order valence-electron chi connectivity index (χ1n) is 10.4. The van der Waals surface area contributed by atoms with Crippen LogP contribution in [0.25, 0.3) is 0 Å². The van der Waals surface area contributed by atoms with Crippen molar-refractivity contribution in [1.29, 1.82) is 0 Å². The van der Waals surface area contributed by atoms with Crippen molar-refractivity contribution < 1.29 is 34.2 Å². The van der Waals surface area contributed by atoms with Crippen LogP contribution >= 0.6 is 0 Å². The first kappa shape index (κ1) is 24.5. The van der Waals surface area contributed by atoms with Crippen LogP contribution in [0.5, 0.6) is 0 Å². The number of rotatable bonds is 9. The Morgan fingerprint density at radius 1 is 1.06 bits per heavy atom. The Labute approximate surface area is 179 Å². The summed E-state index contributed by atoms with van der Waals surface area (Å²) >= 11 is 0. The highest BCUT2D eigenvalue weighted by molar-refractivity contribution is 5.95. The van der Waals surface area contributed by atoms with Crippen LogP contribution in [0.4, 0.5) is 0 Å². The van der Waals surface area contributed by atoms with Gasteiger partial charge in [0.1, 0.15) is 24.2 Å². The molecule has 174 valence electrons. The van der Waals surface area contributed by atoms with E-state index in [1.165, 1.54) is 16.7 Å². The van der Waals surface area contributed by atoms with Crippen molar-refractivity contribution in [2.24, 2.45) is 11.5 Å². The molecule has 2 aliphatic heterocycles. The van der Waals surface area contributed by atoms with Gasteiger partial charge in [0.05, 0.1) is 6.10 Å². The summed E-state index contributed by atoms with van der Waals surface area (Å²) in [4.78, 5) is 63.8. The Kier molecular flexibility index (Phi) is 8.34. The Bertz CT molecular complexity index is 728. The Hall–Kier alpha value is -2.73. The number of carbonyl (C=O) groups is 5. The second-order valence-electron chi connectivity index (χ2n) is 8.05. The van der Waals surface area contributed by atoms with Crippen LogP contribution in [-0.4, -0.2) is 93.0 Å². The zero-order valence-corrected chi connectivity index (χ0v) is 17.5. The average molecular weight is 441 g/mol. The summed E-state index contributed by atoms with van der Waals surface area (Å²) < 4.78 is 0. The number of nitrogens with one attached hydrogen (secondary N) is 1. The van der Waals surface area contributed by atoms with E-state index in [0.29, 0.717) is 32.2 Å². The van der Waals surface area contributed by atoms with Gasteiger partial charge in [-0.1, -0.05) is 0 Å². The quantitative estimate of drug-likeness (QED) is 0.259. The Balaban J connectivity index is 2.17. The van der Waals surface area contributed by atoms with E-state index in [4.69, 9.17) is 11.5 Å². The van der Waals surface area contributed by atoms with Gasteiger partial charge in [-0.3, -0.25) is 19.2 Å². The monoisotopic (exact) mass is 441 g/mol. The van der Waals surface area contributed by atoms with E-state index >= 15 is 0 Å². The fourth-order valence-electron chi connectivity index (χ4n) is 4.00. The minimum atomic E-state index is -1.28. The molecule has 0 aromatic heterocycles. The van der Waals surface area contributed by atoms with Gasteiger partial charge in [-0.25, -0.2) is 4.79 Å². The highest BCUT2D eigenvalue weighted by Gasteiger charge is 2.43. The number of amides is 4. The van der Waals surface area contributed by atoms with E-state index in [9.17, 15) is 34.2 Å². The summed E-state index contributed by atoms with van der Waals surface area (Å²) in [6.07, 6.45) is 0.407. The number of hydrogen-bond donors (Lipinski definition) is 5. The second-order valence-corrected chi connectivity index (χ2v) is 8.05. The number of carbonyl (C=O) groups excluding carboxylic acids is 4. The minimum Gasteiger partial charge on any atom is -0.480 e. The summed E-state index contributed by atoms with van der Waals surface area (Å²) in [6.45, 7) is 1.89. The SMILES string of the molecule is CC(O)C(N)C(=O)NC(CCC(N)=O)C(=O)N1CCCC1C(=O)N1CCCC1C(=O)O. The largest absolute Gasteiger partial charge is 0.480 e. The standard InChI is InChI=1S/C19H31N5O7/c1-10(25)15(21)16(27)22-11(6-7-14(20)26)17(28)23-8-2-4-12(23)18(29)24-9-3-5-13(24)19(30)31/h10-13,15,25H,2-9,21H2,1H3,(H2,20,26)(H,22,27)(H,30,31). The lowest BCUT2D eigenvalue weighted by Crippen LogP contribution is -2.58. The van der Waals surface area contributed by atoms with Crippen molar-refractivity contribution >= 4 is 29.6 Å². The third-order valence-electron chi connectivity index (χ3n) is 5.76. The number of aliphatic hydroxyl groups excluding tert-OH is 1. The van der Waals surface area contributed by atoms with Crippen molar-refractivity contribution in [3.05, 3.63) is 0 Å². The lowest BCUT2D eigenvalue weighted by molar-refractivity contribution is -0.152. The molecule has 31 heavy (non-hydrogen) atoms. The maximum absolute atomic E-state index is 13.2. The van der Waals surface area contributed by atoms with Crippen molar-refractivity contribution in [3.63, 3.8) is 0 Å². The second kappa shape index (κ2) is 10.5. The molecule has 5 atom stereocenters. The number of carboxylic acids is 1. The highest BCUT2D eigenvalue weighted by atomic mass is 16.4. The fraction of sp³-hybridized carbons (Fsp3) is 0.737. The van der Waals surface area contributed by atoms with E-state index in [0.717, 1.165) is 0 Å². The van der Waals surface area contributed by atoms with Gasteiger partial charge < -0.3 is 36.8 Å². The summed E-state index contributed by atoms with van der Waals surface area (Å²) in [7, 11) is 0. The predicted octanol–water partition coefficient (Wildman–Crippen LogP) is -2.49. The molecule has 5 unspecified atom stereocenters. The smallest absolute Gasteiger partial charge is 0.326 e. The van der Waals surface area contributed by atoms with Gasteiger partial charge in [0.15, 0.2) is 0 Å². The van der Waals surface area contributed by atoms with Crippen molar-refractivity contribution in [1.82, 2.24) is 15.1 Å². The van der Waals surface area contributed by atoms with Crippen molar-refractivity contribution in [2.75, 3.05) is 13.1 Å². The third-order valence-corrected chi connectivity index (χ3v) is 5.76. The first-order chi connectivity index (χ1) is 14.5. The van der Waals surface area contributed by atoms with Gasteiger partial charge in [-0.2, -0.15) is 0 Å². The normalized spacial score (nSPS) is 23.8. The number of nitrogens with two attached hydrogens (primary N) is 2. The molecule has 12 heteroatoms. The van der Waals surface area contributed by atoms with Crippen LogP contribution in [0.15, 0.2) is 0 Å². The first-order valence-corrected chi connectivity index (χ1v) is 10.4. The van der Waals surface area contributed by atoms with Crippen LogP contribution < -0.4 is 16.8 Å². The predicted molar refractivity (Wildman–Crippen MR) is 107 cm³/mol. The maximum Gasteiger partial charge on any atom is 0.326 e. The van der Waals surface area contributed by atoms with Crippen LogP contribution in [0, 0.1) is 0 Å². The molecule has 0 spiro atoms. The summed E-state index contributed by atoms with van der Waals surface area (Å²) in [5.74, 6) is -3.53. The third kappa shape index (κ3) is 5.91. The highest BCUT2D eigenvalue weighted by Crippen LogP contribution is 2.26. The molecule has 0 aromatic carbocycles. The van der Waals surface area contributed by atoms with E-state index < -0.39 is 59.9 Å². The minimum absolute atomic E-state index is 0.0920. The molecule has 0 saturated carbocycles. The number of likely N-dealkylation sites (tertiary alicyclic amines) is 2. The van der Waals surface area contributed by atoms with Crippen LogP contribution in [0.2, 0.25) is 0 Å². The molecule has 0 aromatic rings. The van der Waals surface area contributed by atoms with Gasteiger partial charge in [-0.05, 0) is 39.0 Å². The van der Waals surface area contributed by atoms with E-state index in [-0.39, 0.29) is 19.4 Å². The van der Waals surface area contributed by atoms with E-state index in [2.05, 4.69) is 5.32 Å². The zero-order chi connectivity index (χ0) is 23.3. The Morgan fingerprint density at radius 2 is 1.65 bits per heavy atom. The summed E-state index contributed by atoms with van der Waals surface area (Å²) in [5.41, 5.74) is 10.8. The molecule has 0 bridgehead atoms. The van der Waals surface area contributed by atoms with Gasteiger partial charge >= 0.3 is 5.97 Å². The van der Waals surface area contributed by atoms with Gasteiger partial charge in [-0.15, -0.1) is 0 Å². The fourth-order valence-corrected chi connectivity index (χ4v) is 4.00. The number of hydrogen-bond acceptors (Lipinski definition) is 7. The molecular weight excluding hydrogens is 410 g/mol. The molecule has 2 heterocycles. The maximum atomic E-state index is 13.2. The molecule has 2 fully saturated rings. The van der Waals surface area contributed by atoms with E-state index in [1.54, 1.807) is 0 Å². The molecule has 4 amide bonds. The topological polar surface area (TPSA) is 196 Å². The van der Waals surface area contributed by atoms with E-state index in [1.807, 2.05) is 0 Å². The summed E-state index contributed by atoms with van der Waals surface area (Å²) in [5, 5.41) is 21.3. The molecule has 2 aliphatic rings. The number of primary amides is 1. The lowest BCUT2D eigenvalue weighted by atomic mass is 10.1. The van der Waals surface area contributed by atoms with Crippen LogP contribution in [0.3, 0.4) is 0 Å². The van der Waals surface area contributed by atoms with Crippen LogP contribution in [-0.2, 0) is 24.0 Å². The molecule has 2 rings (SSSR count). The zero-order valence-electron chi connectivity index (χ0n) is 17.5. The number of nitrogens with zero attached hydrogens (tertiary/aromatic N) is 2. The Morgan fingerprint density at radius 3 is 2.19 bits per heavy atom. The molecule has 0 radical (unpaired) electrons. The lowest BCUT2D eigenvalue weighted by Gasteiger charge is -2.32. The van der Waals surface area contributed by atoms with Gasteiger partial charge in [0.2, 0.25) is 23.6 Å². The number of aliphatic hydroxyl groups is 1. The summed E-state index contributed by atoms with van der Waals surface area (Å²) in [6, 6.07) is -4.20. The van der Waals surface area contributed by atoms with Gasteiger partial charge in [0, 0.05) is 19.5 Å². The molecule has 2 saturated heterocycles. The molecular formula is C19H31N5O7. The number of carboxylic acid groups (broad SMARTS) is 1.